The van der Waals surface area contributed by atoms with Crippen molar-refractivity contribution in [3.05, 3.63) is 29.3 Å². The highest BCUT2D eigenvalue weighted by atomic mass is 127. The molecule has 0 aromatic heterocycles. The van der Waals surface area contributed by atoms with Crippen LogP contribution in [0.1, 0.15) is 35.2 Å². The predicted octanol–water partition coefficient (Wildman–Crippen LogP) is 3.12. The first-order valence-corrected chi connectivity index (χ1v) is 6.78. The minimum atomic E-state index is -0.0158. The summed E-state index contributed by atoms with van der Waals surface area (Å²) in [5.74, 6) is 0. The van der Waals surface area contributed by atoms with Gasteiger partial charge in [-0.1, -0.05) is 0 Å². The summed E-state index contributed by atoms with van der Waals surface area (Å²) in [6.45, 7) is 2.04. The Morgan fingerprint density at radius 3 is 2.53 bits per heavy atom. The number of hydrogen-bond acceptors (Lipinski definition) is 3. The van der Waals surface area contributed by atoms with Crippen molar-refractivity contribution in [1.82, 2.24) is 0 Å². The van der Waals surface area contributed by atoms with Crippen LogP contribution in [0.25, 0.3) is 0 Å². The van der Waals surface area contributed by atoms with Gasteiger partial charge in [0.2, 0.25) is 3.79 Å². The molecule has 1 aromatic rings. The van der Waals surface area contributed by atoms with Gasteiger partial charge >= 0.3 is 0 Å². The Hall–Kier alpha value is -1.09. The van der Waals surface area contributed by atoms with Gasteiger partial charge in [-0.15, -0.1) is 0 Å². The number of hydrogen-bond donors (Lipinski definition) is 0. The normalized spacial score (nSPS) is 15.4. The van der Waals surface area contributed by atoms with Crippen molar-refractivity contribution >= 4 is 32.1 Å². The van der Waals surface area contributed by atoms with Gasteiger partial charge in [0.15, 0.2) is 0 Å². The Labute approximate surface area is 115 Å². The second-order valence-corrected chi connectivity index (χ2v) is 5.18. The molecule has 0 bridgehead atoms. The molecule has 1 saturated heterocycles. The zero-order valence-corrected chi connectivity index (χ0v) is 11.6. The maximum absolute atomic E-state index is 11.4. The van der Waals surface area contributed by atoms with E-state index in [2.05, 4.69) is 11.0 Å². The molecule has 0 N–H and O–H groups in total. The summed E-state index contributed by atoms with van der Waals surface area (Å²) in [6.07, 6.45) is 3.64. The standard InChI is InChI=1S/C13H13IN2O/c14-13(17)11-6-10(9-15)7-12(8-11)16-4-2-1-3-5-16/h6-8H,1-5H2. The van der Waals surface area contributed by atoms with Crippen LogP contribution in [0.4, 0.5) is 5.69 Å². The molecular weight excluding hydrogens is 327 g/mol. The van der Waals surface area contributed by atoms with Crippen LogP contribution in [0.3, 0.4) is 0 Å². The van der Waals surface area contributed by atoms with Crippen LogP contribution in [0.5, 0.6) is 0 Å². The highest BCUT2D eigenvalue weighted by Crippen LogP contribution is 2.23. The lowest BCUT2D eigenvalue weighted by atomic mass is 10.1. The first-order valence-electron chi connectivity index (χ1n) is 5.70. The van der Waals surface area contributed by atoms with E-state index in [1.165, 1.54) is 19.3 Å². The van der Waals surface area contributed by atoms with Gasteiger partial charge in [0.05, 0.1) is 11.6 Å². The molecule has 0 unspecified atom stereocenters. The van der Waals surface area contributed by atoms with E-state index in [4.69, 9.17) is 5.26 Å². The van der Waals surface area contributed by atoms with E-state index in [0.29, 0.717) is 11.1 Å². The molecule has 0 atom stereocenters. The fourth-order valence-corrected chi connectivity index (χ4v) is 2.44. The molecule has 88 valence electrons. The van der Waals surface area contributed by atoms with E-state index < -0.39 is 0 Å². The molecule has 0 spiro atoms. The minimum Gasteiger partial charge on any atom is -0.371 e. The molecule has 3 nitrogen and oxygen atoms in total. The summed E-state index contributed by atoms with van der Waals surface area (Å²) in [6, 6.07) is 7.53. The predicted molar refractivity (Wildman–Crippen MR) is 75.6 cm³/mol. The van der Waals surface area contributed by atoms with E-state index in [0.717, 1.165) is 18.8 Å². The second kappa shape index (κ2) is 5.50. The van der Waals surface area contributed by atoms with Gasteiger partial charge in [0.1, 0.15) is 0 Å². The lowest BCUT2D eigenvalue weighted by molar-refractivity contribution is 0.110. The molecule has 0 saturated carbocycles. The van der Waals surface area contributed by atoms with Crippen molar-refractivity contribution in [2.24, 2.45) is 0 Å². The van der Waals surface area contributed by atoms with E-state index in [1.807, 2.05) is 12.1 Å². The highest BCUT2D eigenvalue weighted by Gasteiger charge is 2.13. The number of nitrogens with zero attached hydrogens (tertiary/aromatic N) is 2. The van der Waals surface area contributed by atoms with Gasteiger partial charge in [-0.25, -0.2) is 0 Å². The van der Waals surface area contributed by atoms with Crippen LogP contribution >= 0.6 is 22.6 Å². The SMILES string of the molecule is N#Cc1cc(C(=O)I)cc(N2CCCCC2)c1. The largest absolute Gasteiger partial charge is 0.371 e. The zero-order chi connectivity index (χ0) is 12.3. The number of nitriles is 1. The van der Waals surface area contributed by atoms with Crippen molar-refractivity contribution in [2.45, 2.75) is 19.3 Å². The van der Waals surface area contributed by atoms with Gasteiger partial charge in [-0.2, -0.15) is 5.26 Å². The van der Waals surface area contributed by atoms with E-state index in [1.54, 1.807) is 28.7 Å². The zero-order valence-electron chi connectivity index (χ0n) is 9.45. The molecule has 1 heterocycles. The summed E-state index contributed by atoms with van der Waals surface area (Å²) >= 11 is 1.76. The summed E-state index contributed by atoms with van der Waals surface area (Å²) in [7, 11) is 0. The molecule has 1 aliphatic heterocycles. The fraction of sp³-hybridized carbons (Fsp3) is 0.385. The third kappa shape index (κ3) is 2.97. The highest BCUT2D eigenvalue weighted by molar-refractivity contribution is 14.1. The number of halogens is 1. The van der Waals surface area contributed by atoms with Gasteiger partial charge < -0.3 is 4.90 Å². The topological polar surface area (TPSA) is 44.1 Å². The molecule has 2 rings (SSSR count). The van der Waals surface area contributed by atoms with Crippen LogP contribution in [0, 0.1) is 11.3 Å². The van der Waals surface area contributed by atoms with Gasteiger partial charge in [0, 0.05) is 46.9 Å². The first-order chi connectivity index (χ1) is 8.20. The molecule has 4 heteroatoms. The third-order valence-corrected chi connectivity index (χ3v) is 3.62. The van der Waals surface area contributed by atoms with Crippen molar-refractivity contribution in [1.29, 1.82) is 5.26 Å². The van der Waals surface area contributed by atoms with Gasteiger partial charge in [-0.05, 0) is 37.5 Å². The average molecular weight is 340 g/mol. The van der Waals surface area contributed by atoms with Crippen LogP contribution < -0.4 is 4.90 Å². The Morgan fingerprint density at radius 1 is 1.24 bits per heavy atom. The number of benzene rings is 1. The quantitative estimate of drug-likeness (QED) is 0.614. The van der Waals surface area contributed by atoms with Crippen molar-refractivity contribution in [3.63, 3.8) is 0 Å². The Balaban J connectivity index is 2.35. The molecule has 0 amide bonds. The second-order valence-electron chi connectivity index (χ2n) is 4.20. The van der Waals surface area contributed by atoms with E-state index in [-0.39, 0.29) is 3.79 Å². The molecular formula is C13H13IN2O. The number of carbonyl (C=O) groups excluding carboxylic acids is 1. The molecule has 1 fully saturated rings. The van der Waals surface area contributed by atoms with Crippen LogP contribution in [-0.4, -0.2) is 16.9 Å². The lowest BCUT2D eigenvalue weighted by Crippen LogP contribution is -2.29. The van der Waals surface area contributed by atoms with Crippen molar-refractivity contribution in [2.75, 3.05) is 18.0 Å². The van der Waals surface area contributed by atoms with Crippen molar-refractivity contribution < 1.29 is 4.79 Å². The summed E-state index contributed by atoms with van der Waals surface area (Å²) in [5, 5.41) is 8.98. The number of rotatable bonds is 2. The molecule has 1 aromatic carbocycles. The number of carbonyl (C=O) groups is 1. The molecule has 1 aliphatic rings. The molecule has 0 radical (unpaired) electrons. The summed E-state index contributed by atoms with van der Waals surface area (Å²) < 4.78 is -0.0158. The van der Waals surface area contributed by atoms with Gasteiger partial charge in [-0.3, -0.25) is 4.79 Å². The maximum Gasteiger partial charge on any atom is 0.222 e. The Kier molecular flexibility index (Phi) is 4.00. The average Bonchev–Trinajstić information content (AvgIpc) is 2.39. The smallest absolute Gasteiger partial charge is 0.222 e. The van der Waals surface area contributed by atoms with Gasteiger partial charge in [0.25, 0.3) is 0 Å². The van der Waals surface area contributed by atoms with Crippen LogP contribution in [-0.2, 0) is 0 Å². The number of piperidine rings is 1. The fourth-order valence-electron chi connectivity index (χ4n) is 2.12. The monoisotopic (exact) mass is 340 g/mol. The van der Waals surface area contributed by atoms with Crippen LogP contribution in [0.15, 0.2) is 18.2 Å². The summed E-state index contributed by atoms with van der Waals surface area (Å²) in [4.78, 5) is 13.7. The lowest BCUT2D eigenvalue weighted by Gasteiger charge is -2.29. The summed E-state index contributed by atoms with van der Waals surface area (Å²) in [5.41, 5.74) is 2.18. The number of anilines is 1. The molecule has 0 aliphatic carbocycles. The Bertz CT molecular complexity index is 473. The van der Waals surface area contributed by atoms with Crippen LogP contribution in [0.2, 0.25) is 0 Å². The molecule has 17 heavy (non-hydrogen) atoms. The van der Waals surface area contributed by atoms with E-state index >= 15 is 0 Å². The minimum absolute atomic E-state index is 0.0158. The maximum atomic E-state index is 11.4. The third-order valence-electron chi connectivity index (χ3n) is 3.00. The Morgan fingerprint density at radius 2 is 1.94 bits per heavy atom. The van der Waals surface area contributed by atoms with Crippen molar-refractivity contribution in [3.8, 4) is 6.07 Å². The van der Waals surface area contributed by atoms with E-state index in [9.17, 15) is 4.79 Å². The first kappa shape index (κ1) is 12.4.